The minimum absolute atomic E-state index is 0.282. The van der Waals surface area contributed by atoms with Gasteiger partial charge in [-0.05, 0) is 81.1 Å². The number of benzene rings is 1. The number of methoxy groups -OCH3 is 1. The number of aromatic nitrogens is 2. The van der Waals surface area contributed by atoms with Crippen LogP contribution >= 0.6 is 23.4 Å². The van der Waals surface area contributed by atoms with E-state index in [4.69, 9.17) is 16.3 Å². The van der Waals surface area contributed by atoms with Gasteiger partial charge in [0.05, 0.1) is 23.1 Å². The number of carbonyl (C=O) groups is 1. The van der Waals surface area contributed by atoms with Crippen molar-refractivity contribution in [1.82, 2.24) is 20.3 Å². The Balaban J connectivity index is 1.36. The van der Waals surface area contributed by atoms with Crippen molar-refractivity contribution in [3.8, 4) is 5.75 Å². The quantitative estimate of drug-likeness (QED) is 0.224. The van der Waals surface area contributed by atoms with Crippen molar-refractivity contribution in [1.29, 1.82) is 0 Å². The fourth-order valence-electron chi connectivity index (χ4n) is 4.83. The predicted molar refractivity (Wildman–Crippen MR) is 139 cm³/mol. The Labute approximate surface area is 215 Å². The van der Waals surface area contributed by atoms with Crippen LogP contribution in [-0.2, 0) is 11.2 Å². The van der Waals surface area contributed by atoms with Crippen LogP contribution in [0, 0.1) is 5.41 Å². The average Bonchev–Trinajstić information content (AvgIpc) is 2.90. The average molecular weight is 515 g/mol. The minimum Gasteiger partial charge on any atom is -0.497 e. The Morgan fingerprint density at radius 3 is 2.74 bits per heavy atom. The Kier molecular flexibility index (Phi) is 8.83. The highest BCUT2D eigenvalue weighted by Crippen LogP contribution is 2.38. The molecular weight excluding hydrogens is 484 g/mol. The van der Waals surface area contributed by atoms with Crippen LogP contribution in [0.1, 0.15) is 31.2 Å². The monoisotopic (exact) mass is 514 g/mol. The number of rotatable bonds is 10. The number of hydrogen-bond donors (Lipinski definition) is 2. The molecule has 0 radical (unpaired) electrons. The number of halogens is 1. The number of pyridine rings is 2. The number of likely N-dealkylation sites (tertiary alicyclic amines) is 1. The molecule has 35 heavy (non-hydrogen) atoms. The number of thioether (sulfide) groups is 1. The molecule has 3 aromatic rings. The Morgan fingerprint density at radius 1 is 1.26 bits per heavy atom. The van der Waals surface area contributed by atoms with Crippen LogP contribution in [0.2, 0.25) is 5.02 Å². The van der Waals surface area contributed by atoms with Gasteiger partial charge in [0, 0.05) is 41.2 Å². The highest BCUT2D eigenvalue weighted by Gasteiger charge is 2.40. The largest absolute Gasteiger partial charge is 0.497 e. The van der Waals surface area contributed by atoms with Crippen molar-refractivity contribution in [2.75, 3.05) is 32.5 Å². The van der Waals surface area contributed by atoms with Gasteiger partial charge < -0.3 is 9.64 Å². The Bertz CT molecular complexity index is 1140. The molecule has 3 heterocycles. The summed E-state index contributed by atoms with van der Waals surface area (Å²) in [6.07, 6.45) is 8.93. The molecule has 2 N–H and O–H groups in total. The molecule has 1 aliphatic heterocycles. The van der Waals surface area contributed by atoms with Gasteiger partial charge in [-0.2, -0.15) is 0 Å². The molecule has 1 amide bonds. The van der Waals surface area contributed by atoms with Gasteiger partial charge in [-0.1, -0.05) is 11.6 Å². The number of fused-ring (bicyclic) bond motifs is 1. The first-order valence-corrected chi connectivity index (χ1v) is 13.2. The van der Waals surface area contributed by atoms with Crippen molar-refractivity contribution in [2.24, 2.45) is 5.41 Å². The number of amides is 1. The van der Waals surface area contributed by atoms with Gasteiger partial charge in [-0.15, -0.1) is 11.8 Å². The van der Waals surface area contributed by atoms with E-state index in [2.05, 4.69) is 14.9 Å². The molecule has 0 bridgehead atoms. The number of carbonyl (C=O) groups excluding carboxylic acids is 1. The summed E-state index contributed by atoms with van der Waals surface area (Å²) < 4.78 is 5.38. The number of nitrogens with one attached hydrogen (secondary N) is 1. The number of aryl methyl sites for hydroxylation is 1. The zero-order valence-corrected chi connectivity index (χ0v) is 21.4. The lowest BCUT2D eigenvalue weighted by Crippen LogP contribution is -2.48. The summed E-state index contributed by atoms with van der Waals surface area (Å²) >= 11 is 8.34. The highest BCUT2D eigenvalue weighted by atomic mass is 35.5. The molecule has 9 heteroatoms. The van der Waals surface area contributed by atoms with E-state index in [1.165, 1.54) is 4.90 Å². The third-order valence-electron chi connectivity index (χ3n) is 6.94. The number of piperidine rings is 1. The first kappa shape index (κ1) is 25.7. The molecular formula is C26H31ClN4O3S. The molecule has 0 aliphatic carbocycles. The lowest BCUT2D eigenvalue weighted by atomic mass is 9.73. The third-order valence-corrected chi connectivity index (χ3v) is 8.26. The van der Waals surface area contributed by atoms with E-state index >= 15 is 0 Å². The van der Waals surface area contributed by atoms with Crippen molar-refractivity contribution in [3.63, 3.8) is 0 Å². The first-order valence-electron chi connectivity index (χ1n) is 11.9. The van der Waals surface area contributed by atoms with E-state index in [1.54, 1.807) is 13.3 Å². The summed E-state index contributed by atoms with van der Waals surface area (Å²) in [5.74, 6) is 1.46. The summed E-state index contributed by atoms with van der Waals surface area (Å²) in [5, 5.41) is 11.1. The predicted octanol–water partition coefficient (Wildman–Crippen LogP) is 4.99. The van der Waals surface area contributed by atoms with Gasteiger partial charge in [0.25, 0.3) is 0 Å². The molecule has 1 saturated heterocycles. The molecule has 4 rings (SSSR count). The smallest absolute Gasteiger partial charge is 0.249 e. The maximum Gasteiger partial charge on any atom is 0.249 e. The Morgan fingerprint density at radius 2 is 2.03 bits per heavy atom. The third kappa shape index (κ3) is 6.25. The van der Waals surface area contributed by atoms with Gasteiger partial charge >= 0.3 is 0 Å². The van der Waals surface area contributed by atoms with Crippen molar-refractivity contribution < 1.29 is 14.7 Å². The van der Waals surface area contributed by atoms with Gasteiger partial charge in [0.15, 0.2) is 0 Å². The van der Waals surface area contributed by atoms with E-state index in [9.17, 15) is 10.0 Å². The number of nitrogens with zero attached hydrogens (tertiary/aromatic N) is 3. The van der Waals surface area contributed by atoms with Crippen molar-refractivity contribution in [2.45, 2.75) is 37.0 Å². The standard InChI is InChI=1S/C26H31ClN4O3S/c1-34-19-4-5-24-22(17-19)21(23(27)18-29-24)3-2-8-26(25(32)30-33)9-13-31(14-10-26)15-16-35-20-6-11-28-12-7-20/h4-7,11-12,17-18,33H,2-3,8-10,13-16H2,1H3,(H,30,32). The van der Waals surface area contributed by atoms with Crippen LogP contribution in [0.3, 0.4) is 0 Å². The number of ether oxygens (including phenoxy) is 1. The van der Waals surface area contributed by atoms with Crippen LogP contribution in [0.25, 0.3) is 10.9 Å². The van der Waals surface area contributed by atoms with Crippen molar-refractivity contribution in [3.05, 3.63) is 59.5 Å². The lowest BCUT2D eigenvalue weighted by Gasteiger charge is -2.40. The molecule has 1 aliphatic rings. The van der Waals surface area contributed by atoms with Gasteiger partial charge in [0.2, 0.25) is 5.91 Å². The first-order chi connectivity index (χ1) is 17.0. The summed E-state index contributed by atoms with van der Waals surface area (Å²) in [7, 11) is 1.64. The minimum atomic E-state index is -0.573. The summed E-state index contributed by atoms with van der Waals surface area (Å²) in [4.78, 5) is 24.9. The van der Waals surface area contributed by atoms with Gasteiger partial charge in [-0.25, -0.2) is 5.48 Å². The number of hydrogen-bond acceptors (Lipinski definition) is 7. The maximum absolute atomic E-state index is 12.8. The molecule has 1 aromatic carbocycles. The van der Waals surface area contributed by atoms with E-state index < -0.39 is 5.41 Å². The van der Waals surface area contributed by atoms with E-state index in [-0.39, 0.29) is 5.91 Å². The van der Waals surface area contributed by atoms with Crippen LogP contribution in [0.15, 0.2) is 53.8 Å². The second-order valence-electron chi connectivity index (χ2n) is 8.92. The molecule has 7 nitrogen and oxygen atoms in total. The molecule has 1 fully saturated rings. The zero-order chi connectivity index (χ0) is 24.7. The van der Waals surface area contributed by atoms with Crippen LogP contribution in [0.5, 0.6) is 5.75 Å². The normalized spacial score (nSPS) is 15.7. The highest BCUT2D eigenvalue weighted by molar-refractivity contribution is 7.99. The fraction of sp³-hybridized carbons (Fsp3) is 0.423. The molecule has 2 aromatic heterocycles. The lowest BCUT2D eigenvalue weighted by molar-refractivity contribution is -0.143. The summed E-state index contributed by atoms with van der Waals surface area (Å²) in [6, 6.07) is 9.81. The second kappa shape index (κ2) is 12.0. The molecule has 0 atom stereocenters. The van der Waals surface area contributed by atoms with Crippen LogP contribution in [0.4, 0.5) is 0 Å². The Hall–Kier alpha value is -2.39. The van der Waals surface area contributed by atoms with Crippen molar-refractivity contribution >= 4 is 40.2 Å². The van der Waals surface area contributed by atoms with E-state index in [0.717, 1.165) is 73.3 Å². The SMILES string of the molecule is COc1ccc2ncc(Cl)c(CCCC3(C(=O)NO)CCN(CCSc4ccncc4)CC3)c2c1. The van der Waals surface area contributed by atoms with Gasteiger partial charge in [0.1, 0.15) is 5.75 Å². The second-order valence-corrected chi connectivity index (χ2v) is 10.5. The fourth-order valence-corrected chi connectivity index (χ4v) is 5.97. The number of hydroxylamine groups is 1. The maximum atomic E-state index is 12.8. The molecule has 0 unspecified atom stereocenters. The van der Waals surface area contributed by atoms with Crippen LogP contribution < -0.4 is 10.2 Å². The summed E-state index contributed by atoms with van der Waals surface area (Å²) in [5.41, 5.74) is 3.25. The van der Waals surface area contributed by atoms with E-state index in [1.807, 2.05) is 60.0 Å². The van der Waals surface area contributed by atoms with E-state index in [0.29, 0.717) is 11.4 Å². The summed E-state index contributed by atoms with van der Waals surface area (Å²) in [6.45, 7) is 2.63. The van der Waals surface area contributed by atoms with Gasteiger partial charge in [-0.3, -0.25) is 20.0 Å². The molecule has 0 saturated carbocycles. The zero-order valence-electron chi connectivity index (χ0n) is 19.9. The molecule has 0 spiro atoms. The molecule has 186 valence electrons. The van der Waals surface area contributed by atoms with Crippen LogP contribution in [-0.4, -0.2) is 58.5 Å². The topological polar surface area (TPSA) is 87.6 Å².